The van der Waals surface area contributed by atoms with E-state index in [1.54, 1.807) is 12.1 Å². The summed E-state index contributed by atoms with van der Waals surface area (Å²) in [6.07, 6.45) is 4.50. The van der Waals surface area contributed by atoms with Crippen molar-refractivity contribution in [1.29, 1.82) is 0 Å². The maximum absolute atomic E-state index is 11.1. The largest absolute Gasteiger partial charge is 0.385 e. The van der Waals surface area contributed by atoms with E-state index >= 15 is 0 Å². The zero-order valence-corrected chi connectivity index (χ0v) is 11.7. The number of benzene rings is 1. The van der Waals surface area contributed by atoms with Crippen molar-refractivity contribution < 1.29 is 8.42 Å². The summed E-state index contributed by atoms with van der Waals surface area (Å²) >= 11 is 0. The Morgan fingerprint density at radius 2 is 1.68 bits per heavy atom. The lowest BCUT2D eigenvalue weighted by molar-refractivity contribution is 0.339. The summed E-state index contributed by atoms with van der Waals surface area (Å²) in [5.74, 6) is 0.651. The highest BCUT2D eigenvalue weighted by Gasteiger charge is 2.18. The molecule has 5 N–H and O–H groups in total. The molecule has 0 unspecified atom stereocenters. The van der Waals surface area contributed by atoms with Gasteiger partial charge in [-0.25, -0.2) is 13.6 Å². The van der Waals surface area contributed by atoms with E-state index in [2.05, 4.69) is 5.32 Å². The summed E-state index contributed by atoms with van der Waals surface area (Å²) < 4.78 is 22.3. The van der Waals surface area contributed by atoms with Crippen LogP contribution in [0.3, 0.4) is 0 Å². The minimum atomic E-state index is -3.60. The van der Waals surface area contributed by atoms with Crippen LogP contribution in [0, 0.1) is 5.92 Å². The number of hydrogen-bond donors (Lipinski definition) is 3. The maximum atomic E-state index is 11.1. The van der Waals surface area contributed by atoms with Crippen molar-refractivity contribution in [1.82, 2.24) is 0 Å². The van der Waals surface area contributed by atoms with Gasteiger partial charge in [0, 0.05) is 18.3 Å². The van der Waals surface area contributed by atoms with Gasteiger partial charge in [0.15, 0.2) is 0 Å². The molecular formula is C13H21N3O2S. The Morgan fingerprint density at radius 1 is 1.11 bits per heavy atom. The Bertz CT molecular complexity index is 505. The van der Waals surface area contributed by atoms with Crippen LogP contribution in [-0.2, 0) is 10.0 Å². The Labute approximate surface area is 114 Å². The summed E-state index contributed by atoms with van der Waals surface area (Å²) in [6.45, 7) is 0.904. The molecule has 5 nitrogen and oxygen atoms in total. The molecule has 0 heterocycles. The topological polar surface area (TPSA) is 98.2 Å². The number of nitrogens with one attached hydrogen (secondary N) is 1. The smallest absolute Gasteiger partial charge is 0.238 e. The molecule has 1 aromatic rings. The van der Waals surface area contributed by atoms with E-state index in [0.717, 1.165) is 37.9 Å². The molecule has 0 radical (unpaired) electrons. The van der Waals surface area contributed by atoms with Gasteiger partial charge in [-0.05, 0) is 55.9 Å². The molecule has 0 amide bonds. The average Bonchev–Trinajstić information content (AvgIpc) is 2.37. The molecule has 0 aromatic heterocycles. The Kier molecular flexibility index (Phi) is 4.44. The first-order valence-electron chi connectivity index (χ1n) is 6.57. The zero-order valence-electron chi connectivity index (χ0n) is 10.9. The molecule has 1 fully saturated rings. The van der Waals surface area contributed by atoms with E-state index in [9.17, 15) is 8.42 Å². The van der Waals surface area contributed by atoms with Crippen molar-refractivity contribution in [2.45, 2.75) is 36.6 Å². The lowest BCUT2D eigenvalue weighted by Crippen LogP contribution is -2.29. The summed E-state index contributed by atoms with van der Waals surface area (Å²) in [5.41, 5.74) is 6.79. The Balaban J connectivity index is 1.87. The number of primary sulfonamides is 1. The van der Waals surface area contributed by atoms with Crippen LogP contribution in [0.1, 0.15) is 25.7 Å². The monoisotopic (exact) mass is 283 g/mol. The van der Waals surface area contributed by atoms with Gasteiger partial charge in [-0.1, -0.05) is 0 Å². The molecular weight excluding hydrogens is 262 g/mol. The first-order valence-corrected chi connectivity index (χ1v) is 8.12. The second-order valence-electron chi connectivity index (χ2n) is 5.23. The highest BCUT2D eigenvalue weighted by molar-refractivity contribution is 7.89. The third kappa shape index (κ3) is 4.19. The van der Waals surface area contributed by atoms with E-state index in [4.69, 9.17) is 10.9 Å². The summed E-state index contributed by atoms with van der Waals surface area (Å²) in [7, 11) is -3.60. The predicted octanol–water partition coefficient (Wildman–Crippen LogP) is 1.26. The molecule has 1 aliphatic rings. The number of rotatable bonds is 4. The first kappa shape index (κ1) is 14.3. The predicted molar refractivity (Wildman–Crippen MR) is 76.2 cm³/mol. The van der Waals surface area contributed by atoms with E-state index in [-0.39, 0.29) is 4.90 Å². The fraction of sp³-hybridized carbons (Fsp3) is 0.538. The molecule has 1 aromatic carbocycles. The molecule has 0 atom stereocenters. The van der Waals surface area contributed by atoms with Crippen LogP contribution < -0.4 is 16.2 Å². The average molecular weight is 283 g/mol. The van der Waals surface area contributed by atoms with Crippen molar-refractivity contribution in [3.8, 4) is 0 Å². The summed E-state index contributed by atoms with van der Waals surface area (Å²) in [5, 5.41) is 8.38. The van der Waals surface area contributed by atoms with Gasteiger partial charge in [0.05, 0.1) is 4.90 Å². The Morgan fingerprint density at radius 3 is 2.21 bits per heavy atom. The third-order valence-corrected chi connectivity index (χ3v) is 4.60. The summed E-state index contributed by atoms with van der Waals surface area (Å²) in [4.78, 5) is 0.140. The summed E-state index contributed by atoms with van der Waals surface area (Å²) in [6, 6.07) is 6.90. The van der Waals surface area contributed by atoms with Gasteiger partial charge in [0.2, 0.25) is 10.0 Å². The lowest BCUT2D eigenvalue weighted by atomic mass is 9.86. The number of anilines is 1. The van der Waals surface area contributed by atoms with Crippen molar-refractivity contribution in [2.24, 2.45) is 16.8 Å². The van der Waals surface area contributed by atoms with Gasteiger partial charge in [-0.2, -0.15) is 0 Å². The van der Waals surface area contributed by atoms with E-state index in [1.807, 2.05) is 0 Å². The minimum Gasteiger partial charge on any atom is -0.385 e. The molecule has 1 aliphatic carbocycles. The molecule has 1 saturated carbocycles. The van der Waals surface area contributed by atoms with Crippen molar-refractivity contribution in [3.05, 3.63) is 24.3 Å². The van der Waals surface area contributed by atoms with Crippen molar-refractivity contribution >= 4 is 15.7 Å². The van der Waals surface area contributed by atoms with Gasteiger partial charge in [-0.15, -0.1) is 0 Å². The van der Waals surface area contributed by atoms with E-state index in [0.29, 0.717) is 12.0 Å². The maximum Gasteiger partial charge on any atom is 0.238 e. The Hall–Kier alpha value is -1.11. The molecule has 106 valence electrons. The van der Waals surface area contributed by atoms with Crippen LogP contribution in [0.25, 0.3) is 0 Å². The van der Waals surface area contributed by atoms with Crippen LogP contribution in [0.5, 0.6) is 0 Å². The van der Waals surface area contributed by atoms with Crippen LogP contribution >= 0.6 is 0 Å². The number of nitrogens with two attached hydrogens (primary N) is 2. The second kappa shape index (κ2) is 5.90. The van der Waals surface area contributed by atoms with Gasteiger partial charge in [0.1, 0.15) is 0 Å². The van der Waals surface area contributed by atoms with E-state index in [1.165, 1.54) is 12.1 Å². The van der Waals surface area contributed by atoms with Gasteiger partial charge < -0.3 is 11.1 Å². The normalized spacial score (nSPS) is 24.1. The quantitative estimate of drug-likeness (QED) is 0.775. The second-order valence-corrected chi connectivity index (χ2v) is 6.79. The molecule has 2 rings (SSSR count). The number of hydrogen-bond acceptors (Lipinski definition) is 4. The first-order chi connectivity index (χ1) is 8.95. The van der Waals surface area contributed by atoms with Gasteiger partial charge in [-0.3, -0.25) is 0 Å². The lowest BCUT2D eigenvalue weighted by Gasteiger charge is -2.26. The van der Waals surface area contributed by atoms with Crippen LogP contribution in [0.2, 0.25) is 0 Å². The highest BCUT2D eigenvalue weighted by atomic mass is 32.2. The fourth-order valence-electron chi connectivity index (χ4n) is 2.42. The van der Waals surface area contributed by atoms with Crippen molar-refractivity contribution in [3.63, 3.8) is 0 Å². The SMILES string of the molecule is NC1CCC(CNc2ccc(S(N)(=O)=O)cc2)CC1. The molecule has 0 saturated heterocycles. The molecule has 0 aliphatic heterocycles. The van der Waals surface area contributed by atoms with E-state index < -0.39 is 10.0 Å². The van der Waals surface area contributed by atoms with Crippen LogP contribution in [0.4, 0.5) is 5.69 Å². The molecule has 19 heavy (non-hydrogen) atoms. The molecule has 6 heteroatoms. The zero-order chi connectivity index (χ0) is 13.9. The van der Waals surface area contributed by atoms with Crippen LogP contribution in [-0.4, -0.2) is 21.0 Å². The van der Waals surface area contributed by atoms with Crippen LogP contribution in [0.15, 0.2) is 29.2 Å². The molecule has 0 spiro atoms. The standard InChI is InChI=1S/C13H21N3O2S/c14-11-3-1-10(2-4-11)9-16-12-5-7-13(8-6-12)19(15,17)18/h5-8,10-11,16H,1-4,9,14H2,(H2,15,17,18). The third-order valence-electron chi connectivity index (χ3n) is 3.67. The van der Waals surface area contributed by atoms with Crippen molar-refractivity contribution in [2.75, 3.05) is 11.9 Å². The minimum absolute atomic E-state index is 0.140. The highest BCUT2D eigenvalue weighted by Crippen LogP contribution is 2.23. The molecule has 0 bridgehead atoms. The van der Waals surface area contributed by atoms with Gasteiger partial charge >= 0.3 is 0 Å². The number of sulfonamides is 1. The fourth-order valence-corrected chi connectivity index (χ4v) is 2.93. The van der Waals surface area contributed by atoms with Gasteiger partial charge in [0.25, 0.3) is 0 Å².